The molecule has 1 amide bonds. The Balaban J connectivity index is 1.37. The maximum absolute atomic E-state index is 12.9. The molecule has 0 saturated carbocycles. The molecular weight excluding hydrogens is 372 g/mol. The molecule has 2 aromatic heterocycles. The summed E-state index contributed by atoms with van der Waals surface area (Å²) in [6.45, 7) is 4.29. The Hall–Kier alpha value is -3.34. The molecule has 0 bridgehead atoms. The largest absolute Gasteiger partial charge is 0.354 e. The van der Waals surface area contributed by atoms with Crippen molar-refractivity contribution in [2.45, 2.75) is 26.3 Å². The smallest absolute Gasteiger partial charge is 0.225 e. The monoisotopic (exact) mass is 398 g/mol. The van der Waals surface area contributed by atoms with Crippen molar-refractivity contribution in [1.29, 1.82) is 0 Å². The first-order valence-corrected chi connectivity index (χ1v) is 10.6. The number of aryl methyl sites for hydroxylation is 1. The second-order valence-corrected chi connectivity index (χ2v) is 8.12. The summed E-state index contributed by atoms with van der Waals surface area (Å²) in [5, 5.41) is 3.15. The van der Waals surface area contributed by atoms with Crippen LogP contribution in [-0.4, -0.2) is 28.4 Å². The number of fused-ring (bicyclic) bond motifs is 3. The van der Waals surface area contributed by atoms with Crippen LogP contribution < -0.4 is 10.2 Å². The molecule has 1 atom stereocenters. The number of para-hydroxylation sites is 2. The van der Waals surface area contributed by atoms with Gasteiger partial charge in [-0.15, -0.1) is 0 Å². The number of carbonyl (C=O) groups is 1. The van der Waals surface area contributed by atoms with Gasteiger partial charge in [0.25, 0.3) is 0 Å². The Morgan fingerprint density at radius 3 is 2.77 bits per heavy atom. The highest BCUT2D eigenvalue weighted by molar-refractivity contribution is 5.86. The molecule has 0 aliphatic carbocycles. The van der Waals surface area contributed by atoms with Gasteiger partial charge < -0.3 is 14.6 Å². The topological polar surface area (TPSA) is 49.6 Å². The molecule has 5 rings (SSSR count). The van der Waals surface area contributed by atoms with E-state index in [1.807, 2.05) is 24.3 Å². The molecule has 1 fully saturated rings. The summed E-state index contributed by atoms with van der Waals surface area (Å²) in [6, 6.07) is 20.6. The van der Waals surface area contributed by atoms with Crippen molar-refractivity contribution >= 4 is 28.3 Å². The lowest BCUT2D eigenvalue weighted by molar-refractivity contribution is -0.125. The fourth-order valence-electron chi connectivity index (χ4n) is 4.46. The van der Waals surface area contributed by atoms with Crippen LogP contribution in [0.1, 0.15) is 24.0 Å². The minimum Gasteiger partial charge on any atom is -0.354 e. The van der Waals surface area contributed by atoms with Gasteiger partial charge in [-0.05, 0) is 55.2 Å². The SMILES string of the molecule is Cc1ccccc1CNC(=O)[C@@H]1CCCN(c2nc3ccccc3n3cccc23)C1. The van der Waals surface area contributed by atoms with Crippen molar-refractivity contribution in [3.8, 4) is 0 Å². The van der Waals surface area contributed by atoms with Gasteiger partial charge in [-0.2, -0.15) is 0 Å². The Morgan fingerprint density at radius 1 is 1.07 bits per heavy atom. The Morgan fingerprint density at radius 2 is 1.87 bits per heavy atom. The third-order valence-electron chi connectivity index (χ3n) is 6.15. The summed E-state index contributed by atoms with van der Waals surface area (Å²) < 4.78 is 2.19. The molecule has 30 heavy (non-hydrogen) atoms. The van der Waals surface area contributed by atoms with Crippen LogP contribution in [0.4, 0.5) is 5.82 Å². The Labute approximate surface area is 176 Å². The van der Waals surface area contributed by atoms with E-state index in [4.69, 9.17) is 4.98 Å². The molecule has 5 heteroatoms. The number of carbonyl (C=O) groups excluding carboxylic acids is 1. The lowest BCUT2D eigenvalue weighted by Gasteiger charge is -2.33. The van der Waals surface area contributed by atoms with Crippen molar-refractivity contribution in [3.05, 3.63) is 78.0 Å². The van der Waals surface area contributed by atoms with Crippen LogP contribution in [0.15, 0.2) is 66.9 Å². The second kappa shape index (κ2) is 7.82. The average molecular weight is 399 g/mol. The number of nitrogens with one attached hydrogen (secondary N) is 1. The normalized spacial score (nSPS) is 16.8. The number of hydrogen-bond donors (Lipinski definition) is 1. The van der Waals surface area contributed by atoms with Gasteiger partial charge in [0, 0.05) is 25.8 Å². The van der Waals surface area contributed by atoms with E-state index in [1.54, 1.807) is 0 Å². The van der Waals surface area contributed by atoms with Crippen LogP contribution in [-0.2, 0) is 11.3 Å². The minimum absolute atomic E-state index is 0.0222. The maximum atomic E-state index is 12.9. The molecule has 3 heterocycles. The Bertz CT molecular complexity index is 1210. The van der Waals surface area contributed by atoms with Crippen molar-refractivity contribution in [2.75, 3.05) is 18.0 Å². The molecule has 0 spiro atoms. The predicted octanol–water partition coefficient (Wildman–Crippen LogP) is 4.33. The van der Waals surface area contributed by atoms with Crippen molar-refractivity contribution in [1.82, 2.24) is 14.7 Å². The first-order chi connectivity index (χ1) is 14.7. The molecular formula is C25H26N4O. The van der Waals surface area contributed by atoms with E-state index in [1.165, 1.54) is 11.1 Å². The Kier molecular flexibility index (Phi) is 4.87. The van der Waals surface area contributed by atoms with Gasteiger partial charge in [-0.25, -0.2) is 4.98 Å². The molecule has 5 nitrogen and oxygen atoms in total. The summed E-state index contributed by atoms with van der Waals surface area (Å²) in [7, 11) is 0. The zero-order valence-electron chi connectivity index (χ0n) is 17.2. The standard InChI is InChI=1S/C25H26N4O/c1-18-8-2-3-9-19(18)16-26-25(30)20-10-6-14-28(17-20)24-23-13-7-15-29(23)22-12-5-4-11-21(22)27-24/h2-5,7-9,11-13,15,20H,6,10,14,16-17H2,1H3,(H,26,30)/t20-/m1/s1. The molecule has 0 radical (unpaired) electrons. The first-order valence-electron chi connectivity index (χ1n) is 10.6. The lowest BCUT2D eigenvalue weighted by Crippen LogP contribution is -2.43. The van der Waals surface area contributed by atoms with Crippen LogP contribution in [0.25, 0.3) is 16.6 Å². The third-order valence-corrected chi connectivity index (χ3v) is 6.15. The van der Waals surface area contributed by atoms with Gasteiger partial charge in [0.05, 0.1) is 22.5 Å². The highest BCUT2D eigenvalue weighted by atomic mass is 16.1. The average Bonchev–Trinajstić information content (AvgIpc) is 3.28. The van der Waals surface area contributed by atoms with Crippen molar-refractivity contribution in [3.63, 3.8) is 0 Å². The number of amides is 1. The van der Waals surface area contributed by atoms with Crippen LogP contribution >= 0.6 is 0 Å². The van der Waals surface area contributed by atoms with Gasteiger partial charge in [-0.1, -0.05) is 36.4 Å². The van der Waals surface area contributed by atoms with E-state index in [0.29, 0.717) is 13.1 Å². The number of anilines is 1. The molecule has 1 N–H and O–H groups in total. The molecule has 1 saturated heterocycles. The fraction of sp³-hybridized carbons (Fsp3) is 0.280. The molecule has 2 aromatic carbocycles. The van der Waals surface area contributed by atoms with Crippen molar-refractivity contribution < 1.29 is 4.79 Å². The molecule has 4 aromatic rings. The predicted molar refractivity (Wildman–Crippen MR) is 121 cm³/mol. The summed E-state index contributed by atoms with van der Waals surface area (Å²) >= 11 is 0. The second-order valence-electron chi connectivity index (χ2n) is 8.12. The first kappa shape index (κ1) is 18.7. The number of nitrogens with zero attached hydrogens (tertiary/aromatic N) is 3. The number of benzene rings is 2. The van der Waals surface area contributed by atoms with E-state index in [0.717, 1.165) is 41.8 Å². The molecule has 0 unspecified atom stereocenters. The van der Waals surface area contributed by atoms with E-state index < -0.39 is 0 Å². The van der Waals surface area contributed by atoms with Crippen molar-refractivity contribution in [2.24, 2.45) is 5.92 Å². The maximum Gasteiger partial charge on any atom is 0.225 e. The number of hydrogen-bond acceptors (Lipinski definition) is 3. The third kappa shape index (κ3) is 3.41. The van der Waals surface area contributed by atoms with Gasteiger partial charge in [0.15, 0.2) is 5.82 Å². The highest BCUT2D eigenvalue weighted by Gasteiger charge is 2.27. The minimum atomic E-state index is -0.0222. The lowest BCUT2D eigenvalue weighted by atomic mass is 9.96. The quantitative estimate of drug-likeness (QED) is 0.557. The molecule has 152 valence electrons. The van der Waals surface area contributed by atoms with Crippen LogP contribution in [0.5, 0.6) is 0 Å². The van der Waals surface area contributed by atoms with E-state index in [9.17, 15) is 4.79 Å². The van der Waals surface area contributed by atoms with Gasteiger partial charge >= 0.3 is 0 Å². The van der Waals surface area contributed by atoms with Gasteiger partial charge in [0.2, 0.25) is 5.91 Å². The fourth-order valence-corrected chi connectivity index (χ4v) is 4.46. The van der Waals surface area contributed by atoms with E-state index in [2.05, 4.69) is 64.1 Å². The number of aromatic nitrogens is 2. The zero-order chi connectivity index (χ0) is 20.5. The van der Waals surface area contributed by atoms with Crippen LogP contribution in [0, 0.1) is 12.8 Å². The number of piperidine rings is 1. The van der Waals surface area contributed by atoms with E-state index in [-0.39, 0.29) is 11.8 Å². The van der Waals surface area contributed by atoms with Gasteiger partial charge in [-0.3, -0.25) is 4.79 Å². The van der Waals surface area contributed by atoms with E-state index >= 15 is 0 Å². The summed E-state index contributed by atoms with van der Waals surface area (Å²) in [4.78, 5) is 20.2. The highest BCUT2D eigenvalue weighted by Crippen LogP contribution is 2.29. The summed E-state index contributed by atoms with van der Waals surface area (Å²) in [5.41, 5.74) is 5.55. The van der Waals surface area contributed by atoms with Crippen LogP contribution in [0.3, 0.4) is 0 Å². The molecule has 1 aliphatic heterocycles. The van der Waals surface area contributed by atoms with Gasteiger partial charge in [0.1, 0.15) is 0 Å². The zero-order valence-corrected chi connectivity index (χ0v) is 17.2. The number of rotatable bonds is 4. The summed E-state index contributed by atoms with van der Waals surface area (Å²) in [6.07, 6.45) is 3.99. The summed E-state index contributed by atoms with van der Waals surface area (Å²) in [5.74, 6) is 1.08. The van der Waals surface area contributed by atoms with Crippen LogP contribution in [0.2, 0.25) is 0 Å². The molecule has 1 aliphatic rings.